The van der Waals surface area contributed by atoms with Crippen LogP contribution in [0.3, 0.4) is 0 Å². The number of nitrogens with zero attached hydrogens (tertiary/aromatic N) is 2. The van der Waals surface area contributed by atoms with Gasteiger partial charge in [-0.15, -0.1) is 0 Å². The predicted molar refractivity (Wildman–Crippen MR) is 92.2 cm³/mol. The van der Waals surface area contributed by atoms with Crippen molar-refractivity contribution in [3.8, 4) is 5.75 Å². The van der Waals surface area contributed by atoms with Gasteiger partial charge in [-0.05, 0) is 30.7 Å². The quantitative estimate of drug-likeness (QED) is 0.791. The van der Waals surface area contributed by atoms with Crippen molar-refractivity contribution in [2.24, 2.45) is 0 Å². The summed E-state index contributed by atoms with van der Waals surface area (Å²) in [5.41, 5.74) is 2.96. The molecule has 1 aliphatic rings. The number of ether oxygens (including phenoxy) is 1. The van der Waals surface area contributed by atoms with Crippen LogP contribution in [-0.4, -0.2) is 42.4 Å². The molecule has 0 bridgehead atoms. The molecular weight excluding hydrogens is 304 g/mol. The van der Waals surface area contributed by atoms with Crippen molar-refractivity contribution in [2.45, 2.75) is 13.0 Å². The van der Waals surface area contributed by atoms with Crippen LogP contribution in [-0.2, 0) is 6.54 Å². The zero-order valence-electron chi connectivity index (χ0n) is 13.8. The third-order valence-corrected chi connectivity index (χ3v) is 4.03. The topological polar surface area (TPSA) is 68.2 Å². The van der Waals surface area contributed by atoms with E-state index >= 15 is 0 Å². The second kappa shape index (κ2) is 7.79. The number of nitrogens with one attached hydrogen (secondary N) is 2. The van der Waals surface area contributed by atoms with Crippen LogP contribution in [0.1, 0.15) is 22.3 Å². The molecule has 0 aliphatic carbocycles. The Kier molecular flexibility index (Phi) is 5.28. The number of carbonyl (C=O) groups excluding carboxylic acids is 1. The Hall–Kier alpha value is -2.60. The summed E-state index contributed by atoms with van der Waals surface area (Å²) in [5, 5.41) is 10.5. The Morgan fingerprint density at radius 3 is 2.92 bits per heavy atom. The number of carbonyl (C=O) groups is 1. The van der Waals surface area contributed by atoms with Crippen LogP contribution in [0.4, 0.5) is 0 Å². The molecule has 2 aromatic rings. The first-order chi connectivity index (χ1) is 11.7. The van der Waals surface area contributed by atoms with Crippen LogP contribution in [0.15, 0.2) is 48.3 Å². The van der Waals surface area contributed by atoms with E-state index in [2.05, 4.69) is 21.8 Å². The molecule has 1 aromatic carbocycles. The molecule has 6 nitrogen and oxygen atoms in total. The maximum Gasteiger partial charge on any atom is 0.254 e. The zero-order valence-corrected chi connectivity index (χ0v) is 13.8. The van der Waals surface area contributed by atoms with Gasteiger partial charge in [0.2, 0.25) is 0 Å². The minimum Gasteiger partial charge on any atom is -0.497 e. The second-order valence-electron chi connectivity index (χ2n) is 5.77. The van der Waals surface area contributed by atoms with E-state index in [1.807, 2.05) is 24.3 Å². The van der Waals surface area contributed by atoms with Gasteiger partial charge >= 0.3 is 0 Å². The van der Waals surface area contributed by atoms with Crippen LogP contribution >= 0.6 is 0 Å². The maximum atomic E-state index is 12.2. The van der Waals surface area contributed by atoms with E-state index in [1.54, 1.807) is 24.2 Å². The Bertz CT molecular complexity index is 719. The van der Waals surface area contributed by atoms with Crippen molar-refractivity contribution in [3.05, 3.63) is 59.4 Å². The molecule has 0 fully saturated rings. The molecule has 0 saturated carbocycles. The molecule has 2 heterocycles. The number of methoxy groups -OCH3 is 1. The Labute approximate surface area is 141 Å². The van der Waals surface area contributed by atoms with E-state index in [-0.39, 0.29) is 5.91 Å². The highest BCUT2D eigenvalue weighted by Crippen LogP contribution is 2.12. The minimum atomic E-state index is -0.0876. The van der Waals surface area contributed by atoms with E-state index in [0.29, 0.717) is 18.7 Å². The summed E-state index contributed by atoms with van der Waals surface area (Å²) in [6.45, 7) is 3.07. The second-order valence-corrected chi connectivity index (χ2v) is 5.77. The Balaban J connectivity index is 1.55. The lowest BCUT2D eigenvalue weighted by molar-refractivity contribution is 0.0956. The fourth-order valence-electron chi connectivity index (χ4n) is 2.61. The van der Waals surface area contributed by atoms with Crippen LogP contribution in [0, 0.1) is 0 Å². The fourth-order valence-corrected chi connectivity index (χ4v) is 2.61. The van der Waals surface area contributed by atoms with Gasteiger partial charge in [-0.1, -0.05) is 23.8 Å². The summed E-state index contributed by atoms with van der Waals surface area (Å²) < 4.78 is 6.91. The standard InChI is InChI=1S/C18H22N4O2/c1-24-17-4-2-15(3-5-17)12-22-13-16(11-21-22)18(23)20-10-14-6-8-19-9-7-14/h2-6,11,13,19H,7-10,12H2,1H3,(H,20,23). The summed E-state index contributed by atoms with van der Waals surface area (Å²) in [6, 6.07) is 7.81. The first-order valence-electron chi connectivity index (χ1n) is 8.07. The maximum absolute atomic E-state index is 12.2. The molecule has 0 unspecified atom stereocenters. The monoisotopic (exact) mass is 326 g/mol. The van der Waals surface area contributed by atoms with Crippen LogP contribution in [0.25, 0.3) is 0 Å². The van der Waals surface area contributed by atoms with Crippen molar-refractivity contribution in [3.63, 3.8) is 0 Å². The van der Waals surface area contributed by atoms with Gasteiger partial charge in [-0.3, -0.25) is 9.48 Å². The third kappa shape index (κ3) is 4.23. The highest BCUT2D eigenvalue weighted by atomic mass is 16.5. The first kappa shape index (κ1) is 16.3. The van der Waals surface area contributed by atoms with Crippen LogP contribution in [0.5, 0.6) is 5.75 Å². The number of benzene rings is 1. The van der Waals surface area contributed by atoms with E-state index in [4.69, 9.17) is 4.74 Å². The molecule has 3 rings (SSSR count). The van der Waals surface area contributed by atoms with E-state index in [0.717, 1.165) is 30.8 Å². The molecule has 1 amide bonds. The number of amides is 1. The SMILES string of the molecule is COc1ccc(Cn2cc(C(=O)NCC3=CCNCC3)cn2)cc1. The fraction of sp³-hybridized carbons (Fsp3) is 0.333. The molecule has 0 spiro atoms. The average molecular weight is 326 g/mol. The van der Waals surface area contributed by atoms with Crippen molar-refractivity contribution >= 4 is 5.91 Å². The summed E-state index contributed by atoms with van der Waals surface area (Å²) in [6.07, 6.45) is 6.50. The van der Waals surface area contributed by atoms with Gasteiger partial charge in [0.1, 0.15) is 5.75 Å². The number of hydrogen-bond donors (Lipinski definition) is 2. The molecule has 0 radical (unpaired) electrons. The van der Waals surface area contributed by atoms with E-state index in [1.165, 1.54) is 5.57 Å². The van der Waals surface area contributed by atoms with E-state index in [9.17, 15) is 4.79 Å². The normalized spacial score (nSPS) is 14.1. The van der Waals surface area contributed by atoms with Crippen molar-refractivity contribution in [1.82, 2.24) is 20.4 Å². The smallest absolute Gasteiger partial charge is 0.254 e. The lowest BCUT2D eigenvalue weighted by Crippen LogP contribution is -2.29. The van der Waals surface area contributed by atoms with Gasteiger partial charge in [0.05, 0.1) is 25.4 Å². The molecule has 24 heavy (non-hydrogen) atoms. The molecule has 1 aromatic heterocycles. The van der Waals surface area contributed by atoms with Crippen LogP contribution in [0.2, 0.25) is 0 Å². The summed E-state index contributed by atoms with van der Waals surface area (Å²) >= 11 is 0. The largest absolute Gasteiger partial charge is 0.497 e. The van der Waals surface area contributed by atoms with Gasteiger partial charge in [-0.25, -0.2) is 0 Å². The highest BCUT2D eigenvalue weighted by molar-refractivity contribution is 5.93. The molecule has 0 saturated heterocycles. The van der Waals surface area contributed by atoms with Gasteiger partial charge in [0.15, 0.2) is 0 Å². The van der Waals surface area contributed by atoms with Crippen LogP contribution < -0.4 is 15.4 Å². The van der Waals surface area contributed by atoms with Gasteiger partial charge in [0, 0.05) is 19.3 Å². The lowest BCUT2D eigenvalue weighted by Gasteiger charge is -2.14. The van der Waals surface area contributed by atoms with Crippen molar-refractivity contribution in [1.29, 1.82) is 0 Å². The first-order valence-corrected chi connectivity index (χ1v) is 8.07. The summed E-state index contributed by atoms with van der Waals surface area (Å²) in [7, 11) is 1.65. The Morgan fingerprint density at radius 2 is 2.21 bits per heavy atom. The Morgan fingerprint density at radius 1 is 1.38 bits per heavy atom. The summed E-state index contributed by atoms with van der Waals surface area (Å²) in [4.78, 5) is 12.2. The minimum absolute atomic E-state index is 0.0876. The third-order valence-electron chi connectivity index (χ3n) is 4.03. The average Bonchev–Trinajstić information content (AvgIpc) is 3.10. The van der Waals surface area contributed by atoms with Crippen molar-refractivity contribution in [2.75, 3.05) is 26.7 Å². The number of rotatable bonds is 6. The zero-order chi connectivity index (χ0) is 16.8. The predicted octanol–water partition coefficient (Wildman–Crippen LogP) is 1.59. The molecule has 126 valence electrons. The van der Waals surface area contributed by atoms with E-state index < -0.39 is 0 Å². The molecule has 2 N–H and O–H groups in total. The molecule has 1 aliphatic heterocycles. The summed E-state index contributed by atoms with van der Waals surface area (Å²) in [5.74, 6) is 0.738. The molecule has 0 atom stereocenters. The van der Waals surface area contributed by atoms with Crippen molar-refractivity contribution < 1.29 is 9.53 Å². The lowest BCUT2D eigenvalue weighted by atomic mass is 10.1. The molecular formula is C18H22N4O2. The number of aromatic nitrogens is 2. The molecule has 6 heteroatoms. The number of hydrogen-bond acceptors (Lipinski definition) is 4. The van der Waals surface area contributed by atoms with Gasteiger partial charge in [-0.2, -0.15) is 5.10 Å². The highest BCUT2D eigenvalue weighted by Gasteiger charge is 2.10. The van der Waals surface area contributed by atoms with Gasteiger partial charge in [0.25, 0.3) is 5.91 Å². The van der Waals surface area contributed by atoms with Gasteiger partial charge < -0.3 is 15.4 Å².